The van der Waals surface area contributed by atoms with E-state index < -0.39 is 0 Å². The third-order valence-electron chi connectivity index (χ3n) is 1.89. The number of hydrogen-bond acceptors (Lipinski definition) is 3. The summed E-state index contributed by atoms with van der Waals surface area (Å²) in [5, 5.41) is 0. The van der Waals surface area contributed by atoms with Crippen molar-refractivity contribution in [2.75, 3.05) is 18.9 Å². The van der Waals surface area contributed by atoms with Crippen molar-refractivity contribution in [1.82, 2.24) is 4.98 Å². The molecule has 1 aromatic heterocycles. The molecule has 78 valence electrons. The lowest BCUT2D eigenvalue weighted by Crippen LogP contribution is -2.06. The van der Waals surface area contributed by atoms with Crippen LogP contribution in [0.3, 0.4) is 0 Å². The first-order valence-electron chi connectivity index (χ1n) is 4.97. The van der Waals surface area contributed by atoms with Gasteiger partial charge in [-0.2, -0.15) is 0 Å². The van der Waals surface area contributed by atoms with E-state index in [1.165, 1.54) is 0 Å². The summed E-state index contributed by atoms with van der Waals surface area (Å²) < 4.78 is 5.47. The van der Waals surface area contributed by atoms with Gasteiger partial charge in [0.15, 0.2) is 0 Å². The van der Waals surface area contributed by atoms with E-state index in [0.29, 0.717) is 18.3 Å². The van der Waals surface area contributed by atoms with Gasteiger partial charge < -0.3 is 10.5 Å². The van der Waals surface area contributed by atoms with Gasteiger partial charge in [0, 0.05) is 12.8 Å². The standard InChI is InChI=1S/C11H18N2O/c1-9(2)8-14-7-5-10-4-3-6-13-11(10)12/h3-4,6,9H,5,7-8H2,1-2H3,(H2,12,13). The molecule has 0 saturated heterocycles. The van der Waals surface area contributed by atoms with Crippen molar-refractivity contribution in [2.45, 2.75) is 20.3 Å². The molecule has 0 spiro atoms. The number of nitrogen functional groups attached to an aromatic ring is 1. The van der Waals surface area contributed by atoms with Crippen LogP contribution in [-0.2, 0) is 11.2 Å². The highest BCUT2D eigenvalue weighted by Crippen LogP contribution is 2.07. The molecule has 0 atom stereocenters. The van der Waals surface area contributed by atoms with Crippen molar-refractivity contribution in [3.8, 4) is 0 Å². The van der Waals surface area contributed by atoms with Gasteiger partial charge >= 0.3 is 0 Å². The fourth-order valence-electron chi connectivity index (χ4n) is 1.16. The molecular weight excluding hydrogens is 176 g/mol. The lowest BCUT2D eigenvalue weighted by Gasteiger charge is -2.07. The molecule has 0 unspecified atom stereocenters. The highest BCUT2D eigenvalue weighted by Gasteiger charge is 1.99. The van der Waals surface area contributed by atoms with Crippen molar-refractivity contribution in [3.63, 3.8) is 0 Å². The summed E-state index contributed by atoms with van der Waals surface area (Å²) in [6.45, 7) is 5.80. The fraction of sp³-hybridized carbons (Fsp3) is 0.545. The maximum Gasteiger partial charge on any atom is 0.126 e. The molecule has 3 nitrogen and oxygen atoms in total. The van der Waals surface area contributed by atoms with Crippen LogP contribution in [0.1, 0.15) is 19.4 Å². The van der Waals surface area contributed by atoms with Crippen LogP contribution in [0, 0.1) is 5.92 Å². The Balaban J connectivity index is 2.28. The molecule has 0 saturated carbocycles. The predicted octanol–water partition coefficient (Wildman–Crippen LogP) is 1.88. The Kier molecular flexibility index (Phi) is 4.40. The van der Waals surface area contributed by atoms with Gasteiger partial charge in [-0.1, -0.05) is 19.9 Å². The zero-order chi connectivity index (χ0) is 10.4. The zero-order valence-corrected chi connectivity index (χ0v) is 8.86. The Labute approximate surface area is 85.3 Å². The second-order valence-corrected chi connectivity index (χ2v) is 3.77. The summed E-state index contributed by atoms with van der Waals surface area (Å²) in [5.41, 5.74) is 6.76. The van der Waals surface area contributed by atoms with Gasteiger partial charge in [0.2, 0.25) is 0 Å². The average Bonchev–Trinajstić information content (AvgIpc) is 2.15. The molecule has 1 aromatic rings. The van der Waals surface area contributed by atoms with E-state index in [2.05, 4.69) is 18.8 Å². The summed E-state index contributed by atoms with van der Waals surface area (Å²) in [4.78, 5) is 4.02. The number of aromatic nitrogens is 1. The van der Waals surface area contributed by atoms with Crippen LogP contribution in [0.4, 0.5) is 5.82 Å². The molecule has 0 aromatic carbocycles. The fourth-order valence-corrected chi connectivity index (χ4v) is 1.16. The van der Waals surface area contributed by atoms with E-state index in [9.17, 15) is 0 Å². The van der Waals surface area contributed by atoms with Crippen molar-refractivity contribution in [1.29, 1.82) is 0 Å². The molecule has 1 heterocycles. The summed E-state index contributed by atoms with van der Waals surface area (Å²) in [5.74, 6) is 1.20. The first-order valence-corrected chi connectivity index (χ1v) is 4.97. The molecule has 1 rings (SSSR count). The molecule has 0 amide bonds. The van der Waals surface area contributed by atoms with Crippen LogP contribution in [0.5, 0.6) is 0 Å². The lowest BCUT2D eigenvalue weighted by molar-refractivity contribution is 0.112. The summed E-state index contributed by atoms with van der Waals surface area (Å²) in [6, 6.07) is 3.88. The number of anilines is 1. The van der Waals surface area contributed by atoms with Crippen molar-refractivity contribution < 1.29 is 4.74 Å². The normalized spacial score (nSPS) is 10.8. The quantitative estimate of drug-likeness (QED) is 0.728. The van der Waals surface area contributed by atoms with E-state index in [1.54, 1.807) is 6.20 Å². The largest absolute Gasteiger partial charge is 0.383 e. The van der Waals surface area contributed by atoms with Gasteiger partial charge in [0.05, 0.1) is 6.61 Å². The molecule has 0 bridgehead atoms. The van der Waals surface area contributed by atoms with Crippen molar-refractivity contribution in [3.05, 3.63) is 23.9 Å². The highest BCUT2D eigenvalue weighted by atomic mass is 16.5. The SMILES string of the molecule is CC(C)COCCc1cccnc1N. The van der Waals surface area contributed by atoms with E-state index in [4.69, 9.17) is 10.5 Å². The van der Waals surface area contributed by atoms with Gasteiger partial charge in [-0.25, -0.2) is 4.98 Å². The molecule has 0 fully saturated rings. The molecule has 0 aliphatic rings. The van der Waals surface area contributed by atoms with Crippen LogP contribution < -0.4 is 5.73 Å². The van der Waals surface area contributed by atoms with Crippen LogP contribution in [-0.4, -0.2) is 18.2 Å². The number of rotatable bonds is 5. The lowest BCUT2D eigenvalue weighted by atomic mass is 10.2. The topological polar surface area (TPSA) is 48.1 Å². The third-order valence-corrected chi connectivity index (χ3v) is 1.89. The molecule has 14 heavy (non-hydrogen) atoms. The molecule has 3 heteroatoms. The molecule has 0 aliphatic heterocycles. The van der Waals surface area contributed by atoms with Crippen LogP contribution in [0.25, 0.3) is 0 Å². The number of nitrogens with zero attached hydrogens (tertiary/aromatic N) is 1. The van der Waals surface area contributed by atoms with Crippen LogP contribution in [0.15, 0.2) is 18.3 Å². The number of ether oxygens (including phenoxy) is 1. The van der Waals surface area contributed by atoms with Crippen LogP contribution in [0.2, 0.25) is 0 Å². The summed E-state index contributed by atoms with van der Waals surface area (Å²) in [6.07, 6.45) is 2.54. The van der Waals surface area contributed by atoms with Crippen LogP contribution >= 0.6 is 0 Å². The Morgan fingerprint density at radius 2 is 2.29 bits per heavy atom. The van der Waals surface area contributed by atoms with Crippen molar-refractivity contribution in [2.24, 2.45) is 5.92 Å². The number of pyridine rings is 1. The van der Waals surface area contributed by atoms with Gasteiger partial charge in [0.25, 0.3) is 0 Å². The van der Waals surface area contributed by atoms with E-state index >= 15 is 0 Å². The third kappa shape index (κ3) is 3.75. The number of hydrogen-bond donors (Lipinski definition) is 1. The second kappa shape index (κ2) is 5.60. The minimum atomic E-state index is 0.584. The van der Waals surface area contributed by atoms with Gasteiger partial charge in [-0.15, -0.1) is 0 Å². The van der Waals surface area contributed by atoms with Crippen molar-refractivity contribution >= 4 is 5.82 Å². The Hall–Kier alpha value is -1.09. The molecule has 0 aliphatic carbocycles. The van der Waals surface area contributed by atoms with E-state index in [0.717, 1.165) is 18.6 Å². The Morgan fingerprint density at radius 1 is 1.50 bits per heavy atom. The van der Waals surface area contributed by atoms with E-state index in [-0.39, 0.29) is 0 Å². The predicted molar refractivity (Wildman–Crippen MR) is 58.0 cm³/mol. The maximum absolute atomic E-state index is 5.70. The molecule has 2 N–H and O–H groups in total. The minimum Gasteiger partial charge on any atom is -0.383 e. The maximum atomic E-state index is 5.70. The smallest absolute Gasteiger partial charge is 0.126 e. The second-order valence-electron chi connectivity index (χ2n) is 3.77. The first kappa shape index (κ1) is 11.0. The Bertz CT molecular complexity index is 274. The summed E-state index contributed by atoms with van der Waals surface area (Å²) in [7, 11) is 0. The average molecular weight is 194 g/mol. The summed E-state index contributed by atoms with van der Waals surface area (Å²) >= 11 is 0. The minimum absolute atomic E-state index is 0.584. The van der Waals surface area contributed by atoms with E-state index in [1.807, 2.05) is 12.1 Å². The Morgan fingerprint density at radius 3 is 2.93 bits per heavy atom. The molecule has 0 radical (unpaired) electrons. The van der Waals surface area contributed by atoms with Gasteiger partial charge in [0.1, 0.15) is 5.82 Å². The number of nitrogens with two attached hydrogens (primary N) is 1. The van der Waals surface area contributed by atoms with Gasteiger partial charge in [-0.3, -0.25) is 0 Å². The highest BCUT2D eigenvalue weighted by molar-refractivity contribution is 5.38. The van der Waals surface area contributed by atoms with Gasteiger partial charge in [-0.05, 0) is 24.0 Å². The first-order chi connectivity index (χ1) is 6.70. The zero-order valence-electron chi connectivity index (χ0n) is 8.86. The monoisotopic (exact) mass is 194 g/mol. The molecular formula is C11H18N2O.